The lowest BCUT2D eigenvalue weighted by Crippen LogP contribution is -2.56. The molecule has 0 aromatic heterocycles. The Balaban J connectivity index is 1.88. The molecular formula is C11H15N3O2. The van der Waals surface area contributed by atoms with Crippen molar-refractivity contribution in [3.63, 3.8) is 0 Å². The zero-order valence-electron chi connectivity index (χ0n) is 8.85. The van der Waals surface area contributed by atoms with Crippen molar-refractivity contribution in [3.05, 3.63) is 35.9 Å². The van der Waals surface area contributed by atoms with E-state index in [1.807, 2.05) is 18.2 Å². The molecule has 2 rings (SSSR count). The number of ether oxygens (including phenoxy) is 1. The van der Waals surface area contributed by atoms with Crippen molar-refractivity contribution >= 4 is 5.91 Å². The summed E-state index contributed by atoms with van der Waals surface area (Å²) in [6.07, 6.45) is -0.461. The number of nitrogens with one attached hydrogen (secondary N) is 2. The van der Waals surface area contributed by atoms with Gasteiger partial charge in [0.2, 0.25) is 0 Å². The summed E-state index contributed by atoms with van der Waals surface area (Å²) in [5.74, 6) is -0.136. The smallest absolute Gasteiger partial charge is 0.253 e. The quantitative estimate of drug-likeness (QED) is 0.638. The number of rotatable bonds is 2. The first-order valence-electron chi connectivity index (χ1n) is 5.22. The van der Waals surface area contributed by atoms with E-state index in [1.165, 1.54) is 0 Å². The Hall–Kier alpha value is -1.43. The molecule has 86 valence electrons. The number of amides is 1. The van der Waals surface area contributed by atoms with Crippen LogP contribution in [0, 0.1) is 0 Å². The molecule has 1 amide bonds. The second kappa shape index (κ2) is 5.07. The minimum atomic E-state index is -0.312. The van der Waals surface area contributed by atoms with E-state index in [2.05, 4.69) is 10.6 Å². The highest BCUT2D eigenvalue weighted by Crippen LogP contribution is 2.01. The molecule has 0 aliphatic carbocycles. The van der Waals surface area contributed by atoms with Crippen molar-refractivity contribution in [2.75, 3.05) is 13.2 Å². The van der Waals surface area contributed by atoms with Crippen LogP contribution in [-0.2, 0) is 4.74 Å². The van der Waals surface area contributed by atoms with E-state index in [0.29, 0.717) is 18.7 Å². The summed E-state index contributed by atoms with van der Waals surface area (Å²) in [6.45, 7) is 0.930. The van der Waals surface area contributed by atoms with E-state index in [9.17, 15) is 4.79 Å². The third-order valence-corrected chi connectivity index (χ3v) is 2.37. The number of hydrogen-bond donors (Lipinski definition) is 3. The molecule has 0 saturated carbocycles. The number of carbonyl (C=O) groups is 1. The first-order chi connectivity index (χ1) is 7.75. The molecular weight excluding hydrogens is 206 g/mol. The SMILES string of the molecule is NC1COC(NC(=O)c2ccccc2)CN1. The minimum absolute atomic E-state index is 0.136. The van der Waals surface area contributed by atoms with Crippen molar-refractivity contribution in [2.24, 2.45) is 5.73 Å². The van der Waals surface area contributed by atoms with Crippen molar-refractivity contribution in [1.82, 2.24) is 10.6 Å². The summed E-state index contributed by atoms with van der Waals surface area (Å²) >= 11 is 0. The highest BCUT2D eigenvalue weighted by Gasteiger charge is 2.20. The lowest BCUT2D eigenvalue weighted by Gasteiger charge is -2.28. The number of morpholine rings is 1. The standard InChI is InChI=1S/C11H15N3O2/c12-9-7-16-10(6-13-9)14-11(15)8-4-2-1-3-5-8/h1-5,9-10,13H,6-7,12H2,(H,14,15). The summed E-state index contributed by atoms with van der Waals surface area (Å²) in [4.78, 5) is 11.7. The Bertz CT molecular complexity index is 348. The molecule has 1 aromatic rings. The normalized spacial score (nSPS) is 25.1. The monoisotopic (exact) mass is 221 g/mol. The zero-order valence-corrected chi connectivity index (χ0v) is 8.85. The van der Waals surface area contributed by atoms with Crippen molar-refractivity contribution in [1.29, 1.82) is 0 Å². The van der Waals surface area contributed by atoms with Gasteiger partial charge in [-0.3, -0.25) is 10.1 Å². The maximum absolute atomic E-state index is 11.7. The van der Waals surface area contributed by atoms with Crippen LogP contribution in [0.3, 0.4) is 0 Å². The van der Waals surface area contributed by atoms with Gasteiger partial charge in [0.05, 0.1) is 12.8 Å². The van der Waals surface area contributed by atoms with Gasteiger partial charge in [0.25, 0.3) is 5.91 Å². The molecule has 1 saturated heterocycles. The fraction of sp³-hybridized carbons (Fsp3) is 0.364. The molecule has 1 aromatic carbocycles. The van der Waals surface area contributed by atoms with Crippen LogP contribution in [0.4, 0.5) is 0 Å². The number of hydrogen-bond acceptors (Lipinski definition) is 4. The Morgan fingerprint density at radius 1 is 1.44 bits per heavy atom. The molecule has 0 radical (unpaired) electrons. The fourth-order valence-corrected chi connectivity index (χ4v) is 1.51. The summed E-state index contributed by atoms with van der Waals surface area (Å²) < 4.78 is 5.36. The molecule has 1 aliphatic heterocycles. The van der Waals surface area contributed by atoms with Crippen LogP contribution in [0.25, 0.3) is 0 Å². The topological polar surface area (TPSA) is 76.4 Å². The average Bonchev–Trinajstić information content (AvgIpc) is 2.33. The highest BCUT2D eigenvalue weighted by atomic mass is 16.5. The van der Waals surface area contributed by atoms with Crippen LogP contribution in [0.5, 0.6) is 0 Å². The van der Waals surface area contributed by atoms with Crippen LogP contribution in [0.2, 0.25) is 0 Å². The van der Waals surface area contributed by atoms with Gasteiger partial charge in [-0.2, -0.15) is 0 Å². The van der Waals surface area contributed by atoms with Gasteiger partial charge in [-0.25, -0.2) is 0 Å². The van der Waals surface area contributed by atoms with Gasteiger partial charge in [-0.1, -0.05) is 18.2 Å². The second-order valence-electron chi connectivity index (χ2n) is 3.68. The van der Waals surface area contributed by atoms with Crippen LogP contribution in [0.15, 0.2) is 30.3 Å². The van der Waals surface area contributed by atoms with E-state index in [4.69, 9.17) is 10.5 Å². The maximum Gasteiger partial charge on any atom is 0.253 e. The number of nitrogens with two attached hydrogens (primary N) is 1. The average molecular weight is 221 g/mol. The second-order valence-corrected chi connectivity index (χ2v) is 3.68. The first kappa shape index (κ1) is 11.1. The molecule has 1 aliphatic rings. The molecule has 0 bridgehead atoms. The van der Waals surface area contributed by atoms with Crippen molar-refractivity contribution < 1.29 is 9.53 Å². The van der Waals surface area contributed by atoms with Gasteiger partial charge in [-0.05, 0) is 12.1 Å². The van der Waals surface area contributed by atoms with Crippen LogP contribution in [-0.4, -0.2) is 31.5 Å². The van der Waals surface area contributed by atoms with Crippen molar-refractivity contribution in [3.8, 4) is 0 Å². The minimum Gasteiger partial charge on any atom is -0.354 e. The van der Waals surface area contributed by atoms with Crippen LogP contribution in [0.1, 0.15) is 10.4 Å². The summed E-state index contributed by atoms with van der Waals surface area (Å²) in [6, 6.07) is 9.04. The molecule has 0 spiro atoms. The molecule has 5 nitrogen and oxygen atoms in total. The maximum atomic E-state index is 11.7. The predicted molar refractivity (Wildman–Crippen MR) is 59.6 cm³/mol. The van der Waals surface area contributed by atoms with Gasteiger partial charge in [-0.15, -0.1) is 0 Å². The Kier molecular flexibility index (Phi) is 3.51. The molecule has 5 heteroatoms. The van der Waals surface area contributed by atoms with E-state index in [0.717, 1.165) is 0 Å². The van der Waals surface area contributed by atoms with E-state index < -0.39 is 0 Å². The van der Waals surface area contributed by atoms with E-state index >= 15 is 0 Å². The van der Waals surface area contributed by atoms with E-state index in [1.54, 1.807) is 12.1 Å². The first-order valence-corrected chi connectivity index (χ1v) is 5.22. The third kappa shape index (κ3) is 2.79. The molecule has 2 unspecified atom stereocenters. The zero-order chi connectivity index (χ0) is 11.4. The third-order valence-electron chi connectivity index (χ3n) is 2.37. The molecule has 2 atom stereocenters. The molecule has 1 fully saturated rings. The van der Waals surface area contributed by atoms with Gasteiger partial charge in [0.1, 0.15) is 6.23 Å². The fourth-order valence-electron chi connectivity index (χ4n) is 1.51. The Labute approximate surface area is 94.0 Å². The summed E-state index contributed by atoms with van der Waals surface area (Å²) in [5, 5.41) is 5.80. The highest BCUT2D eigenvalue weighted by molar-refractivity contribution is 5.94. The summed E-state index contributed by atoms with van der Waals surface area (Å²) in [5.41, 5.74) is 6.22. The lowest BCUT2D eigenvalue weighted by molar-refractivity contribution is -0.0109. The molecule has 4 N–H and O–H groups in total. The number of benzene rings is 1. The Morgan fingerprint density at radius 2 is 2.19 bits per heavy atom. The largest absolute Gasteiger partial charge is 0.354 e. The van der Waals surface area contributed by atoms with E-state index in [-0.39, 0.29) is 18.3 Å². The predicted octanol–water partition coefficient (Wildman–Crippen LogP) is -0.353. The molecule has 16 heavy (non-hydrogen) atoms. The van der Waals surface area contributed by atoms with Gasteiger partial charge < -0.3 is 15.8 Å². The van der Waals surface area contributed by atoms with Crippen LogP contribution < -0.4 is 16.4 Å². The number of carbonyl (C=O) groups excluding carboxylic acids is 1. The van der Waals surface area contributed by atoms with Crippen molar-refractivity contribution in [2.45, 2.75) is 12.4 Å². The van der Waals surface area contributed by atoms with Gasteiger partial charge in [0.15, 0.2) is 0 Å². The van der Waals surface area contributed by atoms with Crippen LogP contribution >= 0.6 is 0 Å². The molecule has 1 heterocycles. The van der Waals surface area contributed by atoms with Gasteiger partial charge in [0, 0.05) is 12.1 Å². The Morgan fingerprint density at radius 3 is 2.81 bits per heavy atom. The van der Waals surface area contributed by atoms with Gasteiger partial charge >= 0.3 is 0 Å². The lowest BCUT2D eigenvalue weighted by atomic mass is 10.2. The summed E-state index contributed by atoms with van der Waals surface area (Å²) in [7, 11) is 0.